The van der Waals surface area contributed by atoms with Crippen LogP contribution in [0.25, 0.3) is 0 Å². The molecule has 0 spiro atoms. The van der Waals surface area contributed by atoms with Crippen LogP contribution in [0.15, 0.2) is 29.2 Å². The minimum atomic E-state index is -3.48. The molecule has 1 saturated carbocycles. The van der Waals surface area contributed by atoms with Crippen LogP contribution in [0.1, 0.15) is 32.3 Å². The highest BCUT2D eigenvalue weighted by Gasteiger charge is 2.40. The van der Waals surface area contributed by atoms with E-state index < -0.39 is 15.6 Å². The van der Waals surface area contributed by atoms with Gasteiger partial charge in [-0.2, -0.15) is 0 Å². The molecule has 1 aromatic rings. The number of thiocarbonyl (C=S) groups is 1. The van der Waals surface area contributed by atoms with E-state index in [0.717, 1.165) is 18.4 Å². The Kier molecular flexibility index (Phi) is 4.18. The van der Waals surface area contributed by atoms with Crippen molar-refractivity contribution in [2.75, 3.05) is 0 Å². The molecule has 1 aliphatic rings. The van der Waals surface area contributed by atoms with Crippen molar-refractivity contribution in [3.8, 4) is 0 Å². The second-order valence-corrected chi connectivity index (χ2v) is 8.10. The lowest BCUT2D eigenvalue weighted by molar-refractivity contribution is 0.400. The summed E-state index contributed by atoms with van der Waals surface area (Å²) in [6, 6.07) is 6.69. The normalized spacial score (nSPS) is 16.1. The van der Waals surface area contributed by atoms with Crippen LogP contribution in [0.3, 0.4) is 0 Å². The summed E-state index contributed by atoms with van der Waals surface area (Å²) in [4.78, 5) is 0.673. The van der Waals surface area contributed by atoms with E-state index >= 15 is 0 Å². The third kappa shape index (κ3) is 3.77. The average molecular weight is 312 g/mol. The Balaban J connectivity index is 2.15. The van der Waals surface area contributed by atoms with Crippen molar-refractivity contribution in [2.24, 2.45) is 11.7 Å². The van der Waals surface area contributed by atoms with Crippen LogP contribution >= 0.6 is 12.2 Å². The molecule has 2 rings (SSSR count). The maximum Gasteiger partial charge on any atom is 0.241 e. The first-order valence-corrected chi connectivity index (χ1v) is 8.51. The number of rotatable bonds is 6. The van der Waals surface area contributed by atoms with Crippen LogP contribution in [0, 0.1) is 5.92 Å². The zero-order chi connectivity index (χ0) is 15.0. The highest BCUT2D eigenvalue weighted by Crippen LogP contribution is 2.39. The first kappa shape index (κ1) is 15.4. The van der Waals surface area contributed by atoms with Crippen LogP contribution in [0.2, 0.25) is 0 Å². The summed E-state index contributed by atoms with van der Waals surface area (Å²) in [7, 11) is -3.48. The number of hydrogen-bond acceptors (Lipinski definition) is 3. The smallest absolute Gasteiger partial charge is 0.241 e. The minimum Gasteiger partial charge on any atom is -0.393 e. The van der Waals surface area contributed by atoms with Crippen molar-refractivity contribution in [3.63, 3.8) is 0 Å². The molecular weight excluding hydrogens is 292 g/mol. The van der Waals surface area contributed by atoms with Crippen molar-refractivity contribution >= 4 is 27.2 Å². The standard InChI is InChI=1S/C14H20N2O2S2/c1-14(2,11-5-6-11)16-20(17,18)12-7-3-10(4-8-12)9-13(15)19/h3-4,7-8,11,16H,5-6,9H2,1-2H3,(H2,15,19). The molecule has 110 valence electrons. The molecule has 0 bridgehead atoms. The van der Waals surface area contributed by atoms with Crippen molar-refractivity contribution in [1.29, 1.82) is 0 Å². The first-order valence-electron chi connectivity index (χ1n) is 6.62. The van der Waals surface area contributed by atoms with Gasteiger partial charge in [-0.1, -0.05) is 24.4 Å². The SMILES string of the molecule is CC(C)(NS(=O)(=O)c1ccc(CC(N)=S)cc1)C1CC1. The van der Waals surface area contributed by atoms with E-state index in [1.165, 1.54) is 0 Å². The average Bonchev–Trinajstić information content (AvgIpc) is 3.11. The van der Waals surface area contributed by atoms with Gasteiger partial charge < -0.3 is 5.73 Å². The molecule has 0 heterocycles. The summed E-state index contributed by atoms with van der Waals surface area (Å²) in [5, 5.41) is 0. The molecule has 3 N–H and O–H groups in total. The Morgan fingerprint density at radius 1 is 1.35 bits per heavy atom. The van der Waals surface area contributed by atoms with E-state index in [4.69, 9.17) is 18.0 Å². The largest absolute Gasteiger partial charge is 0.393 e. The predicted molar refractivity (Wildman–Crippen MR) is 84.1 cm³/mol. The van der Waals surface area contributed by atoms with Gasteiger partial charge in [-0.3, -0.25) is 0 Å². The number of benzene rings is 1. The molecule has 0 aromatic heterocycles. The highest BCUT2D eigenvalue weighted by molar-refractivity contribution is 7.89. The van der Waals surface area contributed by atoms with Crippen molar-refractivity contribution < 1.29 is 8.42 Å². The third-order valence-corrected chi connectivity index (χ3v) is 5.44. The van der Waals surface area contributed by atoms with E-state index in [-0.39, 0.29) is 4.90 Å². The van der Waals surface area contributed by atoms with Gasteiger partial charge in [0.15, 0.2) is 0 Å². The quantitative estimate of drug-likeness (QED) is 0.788. The van der Waals surface area contributed by atoms with Gasteiger partial charge in [-0.15, -0.1) is 0 Å². The zero-order valence-corrected chi connectivity index (χ0v) is 13.4. The van der Waals surface area contributed by atoms with E-state index in [0.29, 0.717) is 17.3 Å². The second kappa shape index (κ2) is 5.42. The Labute approximate surface area is 125 Å². The monoisotopic (exact) mass is 312 g/mol. The maximum atomic E-state index is 12.4. The van der Waals surface area contributed by atoms with Gasteiger partial charge in [0.2, 0.25) is 10.0 Å². The Bertz CT molecular complexity index is 603. The van der Waals surface area contributed by atoms with Crippen molar-refractivity contribution in [3.05, 3.63) is 29.8 Å². The number of sulfonamides is 1. The van der Waals surface area contributed by atoms with E-state index in [2.05, 4.69) is 4.72 Å². The van der Waals surface area contributed by atoms with E-state index in [9.17, 15) is 8.42 Å². The summed E-state index contributed by atoms with van der Waals surface area (Å²) < 4.78 is 27.5. The predicted octanol–water partition coefficient (Wildman–Crippen LogP) is 1.98. The first-order chi connectivity index (χ1) is 9.21. The fourth-order valence-electron chi connectivity index (χ4n) is 2.28. The summed E-state index contributed by atoms with van der Waals surface area (Å²) >= 11 is 4.84. The third-order valence-electron chi connectivity index (χ3n) is 3.61. The second-order valence-electron chi connectivity index (χ2n) is 5.89. The highest BCUT2D eigenvalue weighted by atomic mass is 32.2. The lowest BCUT2D eigenvalue weighted by Gasteiger charge is -2.25. The molecule has 1 aromatic carbocycles. The Morgan fingerprint density at radius 2 is 1.90 bits per heavy atom. The Hall–Kier alpha value is -0.980. The maximum absolute atomic E-state index is 12.4. The summed E-state index contributed by atoms with van der Waals surface area (Å²) in [6.45, 7) is 3.87. The minimum absolute atomic E-state index is 0.276. The van der Waals surface area contributed by atoms with Gasteiger partial charge in [0.05, 0.1) is 9.88 Å². The van der Waals surface area contributed by atoms with Gasteiger partial charge in [-0.05, 0) is 50.3 Å². The fourth-order valence-corrected chi connectivity index (χ4v) is 3.92. The van der Waals surface area contributed by atoms with Crippen LogP contribution in [-0.4, -0.2) is 18.9 Å². The molecule has 0 atom stereocenters. The molecule has 6 heteroatoms. The molecule has 20 heavy (non-hydrogen) atoms. The molecule has 0 amide bonds. The summed E-state index contributed by atoms with van der Waals surface area (Å²) in [6.07, 6.45) is 2.65. The molecule has 1 aliphatic carbocycles. The topological polar surface area (TPSA) is 72.2 Å². The summed E-state index contributed by atoms with van der Waals surface area (Å²) in [5.41, 5.74) is 5.99. The molecule has 4 nitrogen and oxygen atoms in total. The van der Waals surface area contributed by atoms with Crippen LogP contribution in [0.5, 0.6) is 0 Å². The van der Waals surface area contributed by atoms with Crippen LogP contribution < -0.4 is 10.5 Å². The number of nitrogens with two attached hydrogens (primary N) is 1. The van der Waals surface area contributed by atoms with Gasteiger partial charge in [0, 0.05) is 12.0 Å². The van der Waals surface area contributed by atoms with Gasteiger partial charge in [0.1, 0.15) is 0 Å². The van der Waals surface area contributed by atoms with Crippen LogP contribution in [0.4, 0.5) is 0 Å². The van der Waals surface area contributed by atoms with E-state index in [1.807, 2.05) is 13.8 Å². The van der Waals surface area contributed by atoms with Crippen molar-refractivity contribution in [1.82, 2.24) is 4.72 Å². The van der Waals surface area contributed by atoms with E-state index in [1.54, 1.807) is 24.3 Å². The molecule has 0 radical (unpaired) electrons. The summed E-state index contributed by atoms with van der Waals surface area (Å²) in [5.74, 6) is 0.436. The van der Waals surface area contributed by atoms with Gasteiger partial charge >= 0.3 is 0 Å². The molecule has 0 unspecified atom stereocenters. The Morgan fingerprint density at radius 3 is 2.35 bits per heavy atom. The number of hydrogen-bond donors (Lipinski definition) is 2. The lowest BCUT2D eigenvalue weighted by Crippen LogP contribution is -2.45. The van der Waals surface area contributed by atoms with Crippen molar-refractivity contribution in [2.45, 2.75) is 43.5 Å². The molecule has 1 fully saturated rings. The lowest BCUT2D eigenvalue weighted by atomic mass is 10.0. The number of nitrogens with one attached hydrogen (secondary N) is 1. The van der Waals surface area contributed by atoms with Crippen LogP contribution in [-0.2, 0) is 16.4 Å². The zero-order valence-electron chi connectivity index (χ0n) is 11.7. The molecule has 0 aliphatic heterocycles. The molecular formula is C14H20N2O2S2. The molecule has 0 saturated heterocycles. The fraction of sp³-hybridized carbons (Fsp3) is 0.500. The van der Waals surface area contributed by atoms with Gasteiger partial charge in [0.25, 0.3) is 0 Å². The van der Waals surface area contributed by atoms with Gasteiger partial charge in [-0.25, -0.2) is 13.1 Å².